The smallest absolute Gasteiger partial charge is 0.183 e. The van der Waals surface area contributed by atoms with Crippen molar-refractivity contribution >= 4 is 34.6 Å². The second-order valence-corrected chi connectivity index (χ2v) is 11.5. The number of hydrogen-bond donors (Lipinski definition) is 2. The highest BCUT2D eigenvalue weighted by Crippen LogP contribution is 2.30. The number of piperazine rings is 2. The number of pyridine rings is 1. The topological polar surface area (TPSA) is 164 Å². The first kappa shape index (κ1) is 32.9. The van der Waals surface area contributed by atoms with Gasteiger partial charge >= 0.3 is 0 Å². The van der Waals surface area contributed by atoms with Crippen molar-refractivity contribution in [3.8, 4) is 12.1 Å². The third-order valence-corrected chi connectivity index (χ3v) is 9.16. The minimum Gasteiger partial charge on any atom is -0.411 e. The molecule has 4 saturated heterocycles. The molecule has 4 aliphatic heterocycles. The summed E-state index contributed by atoms with van der Waals surface area (Å²) in [4.78, 5) is 21.8. The molecular formula is C30H40ClN11O2. The molecule has 4 atom stereocenters. The first-order valence-electron chi connectivity index (χ1n) is 14.7. The molecule has 0 aromatic carbocycles. The summed E-state index contributed by atoms with van der Waals surface area (Å²) in [5, 5.41) is 42.8. The molecule has 44 heavy (non-hydrogen) atoms. The van der Waals surface area contributed by atoms with Crippen LogP contribution in [0.25, 0.3) is 0 Å². The van der Waals surface area contributed by atoms with E-state index in [1.165, 1.54) is 6.20 Å². The molecule has 234 valence electrons. The molecule has 0 aliphatic carbocycles. The molecule has 14 heteroatoms. The van der Waals surface area contributed by atoms with Gasteiger partial charge in [0, 0.05) is 76.0 Å². The van der Waals surface area contributed by atoms with Gasteiger partial charge in [-0.15, -0.1) is 5.16 Å². The molecule has 0 spiro atoms. The summed E-state index contributed by atoms with van der Waals surface area (Å²) in [6, 6.07) is 8.91. The van der Waals surface area contributed by atoms with Crippen LogP contribution in [0.4, 0.5) is 11.6 Å². The van der Waals surface area contributed by atoms with Gasteiger partial charge in [0.2, 0.25) is 0 Å². The van der Waals surface area contributed by atoms with Gasteiger partial charge in [-0.1, -0.05) is 24.2 Å². The van der Waals surface area contributed by atoms with Crippen molar-refractivity contribution in [2.75, 3.05) is 49.1 Å². The van der Waals surface area contributed by atoms with E-state index in [1.807, 2.05) is 6.07 Å². The fourth-order valence-corrected chi connectivity index (χ4v) is 7.10. The lowest BCUT2D eigenvalue weighted by atomic mass is 9.93. The fraction of sp³-hybridized carbons (Fsp3) is 0.567. The fourth-order valence-electron chi connectivity index (χ4n) is 6.86. The summed E-state index contributed by atoms with van der Waals surface area (Å²) < 4.78 is 0. The van der Waals surface area contributed by atoms with Gasteiger partial charge in [0.15, 0.2) is 16.7 Å². The van der Waals surface area contributed by atoms with Crippen LogP contribution in [0.2, 0.25) is 0 Å². The average Bonchev–Trinajstić information content (AvgIpc) is 3.07. The Hall–Kier alpha value is -4.04. The predicted molar refractivity (Wildman–Crippen MR) is 168 cm³/mol. The van der Waals surface area contributed by atoms with Crippen LogP contribution < -0.4 is 9.80 Å². The Morgan fingerprint density at radius 1 is 0.864 bits per heavy atom. The number of nitrogens with zero attached hydrogens (tertiary/aromatic N) is 11. The van der Waals surface area contributed by atoms with Gasteiger partial charge in [0.25, 0.3) is 0 Å². The molecule has 13 nitrogen and oxygen atoms in total. The van der Waals surface area contributed by atoms with Crippen LogP contribution in [0.5, 0.6) is 0 Å². The monoisotopic (exact) mass is 621 g/mol. The van der Waals surface area contributed by atoms with E-state index in [2.05, 4.69) is 57.0 Å². The number of fused-ring (bicyclic) bond motifs is 2. The van der Waals surface area contributed by atoms with E-state index in [1.54, 1.807) is 24.7 Å². The van der Waals surface area contributed by atoms with E-state index in [-0.39, 0.29) is 24.7 Å². The molecule has 6 rings (SSSR count). The van der Waals surface area contributed by atoms with Gasteiger partial charge in [-0.2, -0.15) is 10.5 Å². The highest BCUT2D eigenvalue weighted by molar-refractivity contribution is 6.66. The van der Waals surface area contributed by atoms with Crippen LogP contribution in [0, 0.1) is 22.7 Å². The van der Waals surface area contributed by atoms with E-state index in [0.717, 1.165) is 83.6 Å². The van der Waals surface area contributed by atoms with E-state index in [4.69, 9.17) is 22.0 Å². The SMILES string of the molecule is C.N#Cc1cccnc1N1CCN2[C@@H](CCC[C@@H]2/C=N/O)C1.N#Cc1nccnc1N1CCN2[C@@H](CCC[C@@H]2/C(Cl)=N/O)C1. The van der Waals surface area contributed by atoms with Crippen molar-refractivity contribution < 1.29 is 10.4 Å². The molecule has 2 aromatic rings. The maximum Gasteiger partial charge on any atom is 0.183 e. The zero-order valence-electron chi connectivity index (χ0n) is 24.0. The van der Waals surface area contributed by atoms with Crippen LogP contribution in [0.1, 0.15) is 57.2 Å². The number of halogens is 1. The summed E-state index contributed by atoms with van der Waals surface area (Å²) in [5.74, 6) is 1.44. The molecular weight excluding hydrogens is 582 g/mol. The zero-order chi connectivity index (χ0) is 30.2. The van der Waals surface area contributed by atoms with Gasteiger partial charge in [0.05, 0.1) is 17.8 Å². The third kappa shape index (κ3) is 7.18. The summed E-state index contributed by atoms with van der Waals surface area (Å²) in [6.07, 6.45) is 12.9. The largest absolute Gasteiger partial charge is 0.411 e. The summed E-state index contributed by atoms with van der Waals surface area (Å²) in [7, 11) is 0. The van der Waals surface area contributed by atoms with Gasteiger partial charge in [-0.05, 0) is 50.7 Å². The van der Waals surface area contributed by atoms with Crippen molar-refractivity contribution in [1.82, 2.24) is 24.8 Å². The predicted octanol–water partition coefficient (Wildman–Crippen LogP) is 3.51. The number of oxime groups is 2. The Labute approximate surface area is 263 Å². The molecule has 0 radical (unpaired) electrons. The summed E-state index contributed by atoms with van der Waals surface area (Å²) in [5.41, 5.74) is 0.994. The maximum absolute atomic E-state index is 9.22. The zero-order valence-corrected chi connectivity index (χ0v) is 24.7. The van der Waals surface area contributed by atoms with Crippen LogP contribution in [-0.4, -0.2) is 110 Å². The Kier molecular flexibility index (Phi) is 11.7. The molecule has 2 aromatic heterocycles. The minimum absolute atomic E-state index is 0. The van der Waals surface area contributed by atoms with Crippen molar-refractivity contribution in [2.24, 2.45) is 10.3 Å². The van der Waals surface area contributed by atoms with Crippen molar-refractivity contribution in [3.63, 3.8) is 0 Å². The Balaban J connectivity index is 0.000000197. The number of aromatic nitrogens is 3. The molecule has 0 amide bonds. The van der Waals surface area contributed by atoms with E-state index in [0.29, 0.717) is 29.2 Å². The van der Waals surface area contributed by atoms with E-state index < -0.39 is 0 Å². The second kappa shape index (κ2) is 15.6. The van der Waals surface area contributed by atoms with Crippen molar-refractivity contribution in [1.29, 1.82) is 10.5 Å². The van der Waals surface area contributed by atoms with E-state index >= 15 is 0 Å². The Morgan fingerprint density at radius 3 is 2.23 bits per heavy atom. The normalized spacial score (nSPS) is 25.8. The standard InChI is InChI=1S/C15H19N5O.C14H17ClN6O.CH4/c16-9-12-3-2-6-17-15(12)19-7-8-20-13(10-18-21)4-1-5-14(20)11-19;15-13(19-22)12-3-1-2-10-9-20(6-7-21(10)12)14-11(8-16)17-4-5-18-14;/h2-3,6,10,13-14,21H,1,4-5,7-8,11H2;4-5,10,12,22H,1-3,6-7,9H2;1H4/b18-10+;19-13-;/t13-,14+;10-,12+;/m10./s1. The molecule has 6 heterocycles. The minimum atomic E-state index is -0.00939. The van der Waals surface area contributed by atoms with Gasteiger partial charge in [-0.25, -0.2) is 15.0 Å². The average molecular weight is 622 g/mol. The number of piperidine rings is 2. The molecule has 0 saturated carbocycles. The van der Waals surface area contributed by atoms with Crippen molar-refractivity contribution in [2.45, 2.75) is 70.1 Å². The summed E-state index contributed by atoms with van der Waals surface area (Å²) in [6.45, 7) is 4.94. The number of rotatable bonds is 4. The number of anilines is 2. The highest BCUT2D eigenvalue weighted by Gasteiger charge is 2.38. The lowest BCUT2D eigenvalue weighted by Gasteiger charge is -2.47. The van der Waals surface area contributed by atoms with Crippen LogP contribution >= 0.6 is 11.6 Å². The lowest BCUT2D eigenvalue weighted by Crippen LogP contribution is -2.60. The first-order chi connectivity index (χ1) is 21.1. The molecule has 4 fully saturated rings. The van der Waals surface area contributed by atoms with Crippen LogP contribution in [0.15, 0.2) is 41.0 Å². The lowest BCUT2D eigenvalue weighted by molar-refractivity contribution is 0.104. The van der Waals surface area contributed by atoms with Gasteiger partial charge in [-0.3, -0.25) is 9.80 Å². The highest BCUT2D eigenvalue weighted by atomic mass is 35.5. The van der Waals surface area contributed by atoms with E-state index in [9.17, 15) is 10.5 Å². The number of hydrogen-bond acceptors (Lipinski definition) is 13. The third-order valence-electron chi connectivity index (χ3n) is 8.84. The maximum atomic E-state index is 9.22. The van der Waals surface area contributed by atoms with Crippen LogP contribution in [0.3, 0.4) is 0 Å². The molecule has 2 N–H and O–H groups in total. The Bertz CT molecular complexity index is 1390. The first-order valence-corrected chi connectivity index (χ1v) is 15.1. The van der Waals surface area contributed by atoms with Crippen LogP contribution in [-0.2, 0) is 0 Å². The van der Waals surface area contributed by atoms with Gasteiger partial charge in [0.1, 0.15) is 18.0 Å². The quantitative estimate of drug-likeness (QED) is 0.291. The van der Waals surface area contributed by atoms with Gasteiger partial charge < -0.3 is 20.2 Å². The Morgan fingerprint density at radius 2 is 1.52 bits per heavy atom. The summed E-state index contributed by atoms with van der Waals surface area (Å²) >= 11 is 6.04. The molecule has 0 unspecified atom stereocenters. The number of nitriles is 2. The molecule has 4 aliphatic rings. The molecule has 0 bridgehead atoms. The van der Waals surface area contributed by atoms with Crippen molar-refractivity contribution in [3.05, 3.63) is 42.0 Å². The second-order valence-electron chi connectivity index (χ2n) is 11.1.